The van der Waals surface area contributed by atoms with Gasteiger partial charge in [-0.15, -0.1) is 0 Å². The van der Waals surface area contributed by atoms with E-state index in [1.165, 1.54) is 0 Å². The molecule has 29 heavy (non-hydrogen) atoms. The molecule has 0 spiro atoms. The van der Waals surface area contributed by atoms with Crippen molar-refractivity contribution in [1.29, 1.82) is 0 Å². The number of hydrogen-bond acceptors (Lipinski definition) is 8. The first kappa shape index (κ1) is 22.1. The highest BCUT2D eigenvalue weighted by Gasteiger charge is 2.62. The molecule has 6 atom stereocenters. The first-order chi connectivity index (χ1) is 13.7. The lowest BCUT2D eigenvalue weighted by molar-refractivity contribution is -0.156. The van der Waals surface area contributed by atoms with Gasteiger partial charge < -0.3 is 20.3 Å². The maximum absolute atomic E-state index is 12.4. The highest BCUT2D eigenvalue weighted by molar-refractivity contribution is 7.85. The molecule has 10 heteroatoms. The van der Waals surface area contributed by atoms with Crippen molar-refractivity contribution in [3.8, 4) is 0 Å². The number of morpholine rings is 1. The second-order valence-corrected chi connectivity index (χ2v) is 9.19. The van der Waals surface area contributed by atoms with Crippen LogP contribution in [0.4, 0.5) is 0 Å². The summed E-state index contributed by atoms with van der Waals surface area (Å²) in [6.07, 6.45) is 2.26. The third-order valence-corrected chi connectivity index (χ3v) is 6.45. The lowest BCUT2D eigenvalue weighted by Gasteiger charge is -2.38. The van der Waals surface area contributed by atoms with Gasteiger partial charge in [0.05, 0.1) is 12.4 Å². The highest BCUT2D eigenvalue weighted by Crippen LogP contribution is 2.48. The van der Waals surface area contributed by atoms with Gasteiger partial charge in [0.15, 0.2) is 0 Å². The fourth-order valence-corrected chi connectivity index (χ4v) is 4.49. The van der Waals surface area contributed by atoms with Gasteiger partial charge in [0.2, 0.25) is 0 Å². The minimum absolute atomic E-state index is 0.0289. The van der Waals surface area contributed by atoms with Gasteiger partial charge >= 0.3 is 5.97 Å². The largest absolute Gasteiger partial charge is 0.462 e. The molecule has 3 heterocycles. The van der Waals surface area contributed by atoms with Crippen LogP contribution >= 0.6 is 0 Å². The van der Waals surface area contributed by atoms with E-state index < -0.39 is 16.0 Å². The van der Waals surface area contributed by atoms with Crippen LogP contribution < -0.4 is 5.73 Å². The lowest BCUT2D eigenvalue weighted by atomic mass is 9.97. The van der Waals surface area contributed by atoms with Crippen LogP contribution in [0, 0.1) is 0 Å². The van der Waals surface area contributed by atoms with E-state index in [0.717, 1.165) is 18.4 Å². The van der Waals surface area contributed by atoms with Crippen molar-refractivity contribution in [3.05, 3.63) is 35.9 Å². The smallest absolute Gasteiger partial charge is 0.316 e. The first-order valence-electron chi connectivity index (χ1n) is 9.64. The van der Waals surface area contributed by atoms with Gasteiger partial charge in [-0.3, -0.25) is 14.2 Å². The minimum Gasteiger partial charge on any atom is -0.462 e. The van der Waals surface area contributed by atoms with Crippen LogP contribution in [0.5, 0.6) is 0 Å². The molecular formula is C19H28N2O7S. The Bertz CT molecular complexity index is 786. The van der Waals surface area contributed by atoms with Crippen LogP contribution in [0.1, 0.15) is 24.3 Å². The number of hydrogen-bond donors (Lipinski definition) is 3. The summed E-state index contributed by atoms with van der Waals surface area (Å²) >= 11 is 0. The molecular weight excluding hydrogens is 400 g/mol. The molecule has 0 unspecified atom stereocenters. The Morgan fingerprint density at radius 3 is 2.31 bits per heavy atom. The van der Waals surface area contributed by atoms with Crippen molar-refractivity contribution in [3.63, 3.8) is 0 Å². The summed E-state index contributed by atoms with van der Waals surface area (Å²) in [5.41, 5.74) is 5.58. The average Bonchev–Trinajstić information content (AvgIpc) is 3.41. The molecule has 3 aliphatic heterocycles. The number of fused-ring (bicyclic) bond motifs is 5. The maximum atomic E-state index is 12.4. The maximum Gasteiger partial charge on any atom is 0.316 e. The van der Waals surface area contributed by atoms with Crippen LogP contribution in [0.3, 0.4) is 0 Å². The average molecular weight is 429 g/mol. The zero-order valence-corrected chi connectivity index (χ0v) is 17.1. The predicted molar refractivity (Wildman–Crippen MR) is 105 cm³/mol. The number of nitrogens with two attached hydrogens (primary N) is 1. The van der Waals surface area contributed by atoms with E-state index >= 15 is 0 Å². The van der Waals surface area contributed by atoms with Crippen LogP contribution in [-0.2, 0) is 24.4 Å². The topological polar surface area (TPSA) is 143 Å². The van der Waals surface area contributed by atoms with Crippen molar-refractivity contribution in [1.82, 2.24) is 4.90 Å². The zero-order chi connectivity index (χ0) is 21.2. The number of ether oxygens (including phenoxy) is 2. The molecule has 1 aromatic rings. The van der Waals surface area contributed by atoms with Crippen molar-refractivity contribution in [2.75, 3.05) is 26.0 Å². The predicted octanol–water partition coefficient (Wildman–Crippen LogP) is -0.249. The Labute approximate surface area is 170 Å². The van der Waals surface area contributed by atoms with E-state index in [1.54, 1.807) is 0 Å². The zero-order valence-electron chi connectivity index (χ0n) is 16.3. The number of epoxide rings is 1. The van der Waals surface area contributed by atoms with E-state index in [0.29, 0.717) is 24.3 Å². The van der Waals surface area contributed by atoms with Crippen molar-refractivity contribution < 1.29 is 32.3 Å². The number of aliphatic hydroxyl groups excluding tert-OH is 1. The second-order valence-electron chi connectivity index (χ2n) is 7.62. The van der Waals surface area contributed by atoms with Crippen molar-refractivity contribution in [2.24, 2.45) is 5.73 Å². The normalized spacial score (nSPS) is 31.2. The summed E-state index contributed by atoms with van der Waals surface area (Å²) in [6.45, 7) is -0.254. The summed E-state index contributed by atoms with van der Waals surface area (Å²) in [5, 5.41) is 9.56. The number of piperidine rings is 1. The van der Waals surface area contributed by atoms with E-state index in [2.05, 4.69) is 11.9 Å². The van der Waals surface area contributed by atoms with Crippen LogP contribution in [0.2, 0.25) is 0 Å². The van der Waals surface area contributed by atoms with E-state index in [9.17, 15) is 18.3 Å². The Morgan fingerprint density at radius 2 is 1.86 bits per heavy atom. The molecule has 2 bridgehead atoms. The monoisotopic (exact) mass is 428 g/mol. The number of aliphatic hydroxyl groups is 1. The number of rotatable bonds is 6. The van der Waals surface area contributed by atoms with Crippen LogP contribution in [0.25, 0.3) is 0 Å². The van der Waals surface area contributed by atoms with Gasteiger partial charge in [-0.25, -0.2) is 0 Å². The van der Waals surface area contributed by atoms with Crippen molar-refractivity contribution >= 4 is 16.1 Å². The van der Waals surface area contributed by atoms with Gasteiger partial charge in [0.25, 0.3) is 10.1 Å². The molecule has 1 aromatic carbocycles. The third-order valence-electron chi connectivity index (χ3n) is 5.70. The third kappa shape index (κ3) is 5.33. The fourth-order valence-electron chi connectivity index (χ4n) is 4.19. The van der Waals surface area contributed by atoms with Gasteiger partial charge in [0, 0.05) is 31.5 Å². The Kier molecular flexibility index (Phi) is 6.92. The standard InChI is InChI=1S/C17H21NO4.C2H7NO3S/c1-18-13-7-11(8-14(18)16-15(13)22-16)21-17(20)12(9-19)10-5-3-2-4-6-10;3-1-2-7(4,5)6/h2-6,11-16,19H,7-9H2,1H3;1-3H2,(H,4,5,6)/t11-,12-,13-,14+,15-,16+;/m1./s1. The molecule has 0 amide bonds. The summed E-state index contributed by atoms with van der Waals surface area (Å²) in [6, 6.07) is 10.1. The van der Waals surface area contributed by atoms with Crippen molar-refractivity contribution in [2.45, 2.75) is 49.2 Å². The quantitative estimate of drug-likeness (QED) is 0.317. The lowest BCUT2D eigenvalue weighted by Crippen LogP contribution is -2.48. The Morgan fingerprint density at radius 1 is 1.28 bits per heavy atom. The molecule has 3 aliphatic rings. The highest BCUT2D eigenvalue weighted by atomic mass is 32.2. The second kappa shape index (κ2) is 9.07. The van der Waals surface area contributed by atoms with Crippen LogP contribution in [-0.4, -0.2) is 85.3 Å². The first-order valence-corrected chi connectivity index (χ1v) is 11.2. The molecule has 9 nitrogen and oxygen atoms in total. The molecule has 3 saturated heterocycles. The molecule has 0 aliphatic carbocycles. The van der Waals surface area contributed by atoms with Gasteiger partial charge in [-0.05, 0) is 12.6 Å². The summed E-state index contributed by atoms with van der Waals surface area (Å²) in [5.74, 6) is -1.27. The fraction of sp³-hybridized carbons (Fsp3) is 0.632. The molecule has 0 aromatic heterocycles. The number of carbonyl (C=O) groups is 1. The Balaban J connectivity index is 0.000000298. The molecule has 0 saturated carbocycles. The van der Waals surface area contributed by atoms with E-state index in [4.69, 9.17) is 19.8 Å². The summed E-state index contributed by atoms with van der Waals surface area (Å²) < 4.78 is 38.7. The Hall–Kier alpha value is -1.56. The summed E-state index contributed by atoms with van der Waals surface area (Å²) in [4.78, 5) is 14.8. The summed E-state index contributed by atoms with van der Waals surface area (Å²) in [7, 11) is -1.67. The van der Waals surface area contributed by atoms with Gasteiger partial charge in [-0.1, -0.05) is 30.3 Å². The SMILES string of the molecule is CN1[C@@H]2C[C@@H](OC(=O)[C@H](CO)c3ccccc3)C[C@H]1[C@@H]1O[C@@H]12.NCCS(=O)(=O)O. The number of benzene rings is 1. The minimum atomic E-state index is -3.80. The van der Waals surface area contributed by atoms with E-state index in [1.807, 2.05) is 30.3 Å². The molecule has 4 rings (SSSR count). The van der Waals surface area contributed by atoms with Gasteiger partial charge in [0.1, 0.15) is 24.2 Å². The number of likely N-dealkylation sites (N-methyl/N-ethyl adjacent to an activating group) is 1. The number of nitrogens with zero attached hydrogens (tertiary/aromatic N) is 1. The van der Waals surface area contributed by atoms with Crippen LogP contribution in [0.15, 0.2) is 30.3 Å². The molecule has 4 N–H and O–H groups in total. The molecule has 3 fully saturated rings. The van der Waals surface area contributed by atoms with Gasteiger partial charge in [-0.2, -0.15) is 8.42 Å². The molecule has 0 radical (unpaired) electrons. The van der Waals surface area contributed by atoms with E-state index in [-0.39, 0.29) is 31.0 Å². The molecule has 162 valence electrons. The number of esters is 1. The number of carbonyl (C=O) groups excluding carboxylic acids is 1.